The van der Waals surface area contributed by atoms with E-state index in [1.54, 1.807) is 29.2 Å². The summed E-state index contributed by atoms with van der Waals surface area (Å²) >= 11 is 0. The van der Waals surface area contributed by atoms with Crippen LogP contribution in [0.2, 0.25) is 0 Å². The van der Waals surface area contributed by atoms with E-state index in [1.165, 1.54) is 0 Å². The molecule has 1 amide bonds. The Balaban J connectivity index is 2.03. The molecule has 1 aromatic rings. The Labute approximate surface area is 135 Å². The Morgan fingerprint density at radius 1 is 1.30 bits per heavy atom. The number of aliphatic carboxylic acids is 1. The van der Waals surface area contributed by atoms with Gasteiger partial charge in [0.15, 0.2) is 0 Å². The van der Waals surface area contributed by atoms with Crippen LogP contribution in [0.1, 0.15) is 28.8 Å². The maximum atomic E-state index is 12.5. The first-order chi connectivity index (χ1) is 10.7. The van der Waals surface area contributed by atoms with Crippen molar-refractivity contribution in [1.82, 2.24) is 9.62 Å². The summed E-state index contributed by atoms with van der Waals surface area (Å²) in [5.74, 6) is -1.10. The Bertz CT molecular complexity index is 684. The van der Waals surface area contributed by atoms with Gasteiger partial charge < -0.3 is 10.0 Å². The van der Waals surface area contributed by atoms with Crippen molar-refractivity contribution in [3.05, 3.63) is 35.4 Å². The number of benzene rings is 1. The number of carbonyl (C=O) groups is 2. The van der Waals surface area contributed by atoms with E-state index in [9.17, 15) is 18.0 Å². The number of amides is 1. The second-order valence-electron chi connectivity index (χ2n) is 5.75. The molecule has 1 fully saturated rings. The van der Waals surface area contributed by atoms with E-state index in [4.69, 9.17) is 5.11 Å². The molecule has 1 heterocycles. The highest BCUT2D eigenvalue weighted by Crippen LogP contribution is 2.15. The van der Waals surface area contributed by atoms with E-state index in [1.807, 2.05) is 0 Å². The Morgan fingerprint density at radius 2 is 1.96 bits per heavy atom. The third-order valence-corrected chi connectivity index (χ3v) is 4.41. The van der Waals surface area contributed by atoms with Gasteiger partial charge in [-0.05, 0) is 30.5 Å². The van der Waals surface area contributed by atoms with Crippen molar-refractivity contribution in [1.29, 1.82) is 0 Å². The molecule has 2 N–H and O–H groups in total. The van der Waals surface area contributed by atoms with Crippen molar-refractivity contribution in [3.8, 4) is 0 Å². The van der Waals surface area contributed by atoms with Gasteiger partial charge in [0.25, 0.3) is 5.91 Å². The molecule has 8 heteroatoms. The van der Waals surface area contributed by atoms with Gasteiger partial charge in [-0.2, -0.15) is 0 Å². The number of hydrogen-bond donors (Lipinski definition) is 2. The van der Waals surface area contributed by atoms with Crippen LogP contribution in [0.15, 0.2) is 24.3 Å². The van der Waals surface area contributed by atoms with Crippen LogP contribution >= 0.6 is 0 Å². The first-order valence-electron chi connectivity index (χ1n) is 7.32. The van der Waals surface area contributed by atoms with E-state index in [0.29, 0.717) is 30.6 Å². The third-order valence-electron chi connectivity index (χ3n) is 3.65. The zero-order valence-electron chi connectivity index (χ0n) is 12.9. The zero-order valence-corrected chi connectivity index (χ0v) is 13.7. The van der Waals surface area contributed by atoms with E-state index in [2.05, 4.69) is 4.72 Å². The lowest BCUT2D eigenvalue weighted by molar-refractivity contribution is -0.136. The quantitative estimate of drug-likeness (QED) is 0.811. The standard InChI is InChI=1S/C15H20N2O5S/c1-23(21,22)16-13-3-2-8-17(10-13)15(20)12-6-4-11(5-7-12)9-14(18)19/h4-7,13,16H,2-3,8-10H2,1H3,(H,18,19). The van der Waals surface area contributed by atoms with Crippen LogP contribution in [-0.2, 0) is 21.2 Å². The van der Waals surface area contributed by atoms with Gasteiger partial charge >= 0.3 is 5.97 Å². The number of nitrogens with one attached hydrogen (secondary N) is 1. The fourth-order valence-corrected chi connectivity index (χ4v) is 3.48. The van der Waals surface area contributed by atoms with Gasteiger partial charge in [-0.1, -0.05) is 12.1 Å². The second kappa shape index (κ2) is 7.10. The van der Waals surface area contributed by atoms with E-state index in [-0.39, 0.29) is 18.4 Å². The van der Waals surface area contributed by atoms with Crippen molar-refractivity contribution in [2.45, 2.75) is 25.3 Å². The Morgan fingerprint density at radius 3 is 2.52 bits per heavy atom. The summed E-state index contributed by atoms with van der Waals surface area (Å²) in [7, 11) is -3.30. The number of likely N-dealkylation sites (tertiary alicyclic amines) is 1. The highest BCUT2D eigenvalue weighted by molar-refractivity contribution is 7.88. The number of carbonyl (C=O) groups excluding carboxylic acids is 1. The smallest absolute Gasteiger partial charge is 0.307 e. The molecular formula is C15H20N2O5S. The molecule has 0 bridgehead atoms. The number of hydrogen-bond acceptors (Lipinski definition) is 4. The molecule has 1 aliphatic heterocycles. The maximum Gasteiger partial charge on any atom is 0.307 e. The molecule has 0 saturated carbocycles. The lowest BCUT2D eigenvalue weighted by atomic mass is 10.0. The average Bonchev–Trinajstić information content (AvgIpc) is 2.45. The molecule has 2 rings (SSSR count). The van der Waals surface area contributed by atoms with Gasteiger partial charge in [0, 0.05) is 24.7 Å². The van der Waals surface area contributed by atoms with Gasteiger partial charge in [-0.3, -0.25) is 9.59 Å². The molecule has 1 saturated heterocycles. The molecule has 0 aromatic heterocycles. The van der Waals surface area contributed by atoms with Gasteiger partial charge in [0.2, 0.25) is 10.0 Å². The molecule has 23 heavy (non-hydrogen) atoms. The molecule has 1 unspecified atom stereocenters. The van der Waals surface area contributed by atoms with E-state index >= 15 is 0 Å². The lowest BCUT2D eigenvalue weighted by Crippen LogP contribution is -2.49. The van der Waals surface area contributed by atoms with Crippen molar-refractivity contribution in [2.75, 3.05) is 19.3 Å². The molecular weight excluding hydrogens is 320 g/mol. The molecule has 7 nitrogen and oxygen atoms in total. The summed E-state index contributed by atoms with van der Waals surface area (Å²) in [6, 6.07) is 6.19. The molecule has 1 atom stereocenters. The summed E-state index contributed by atoms with van der Waals surface area (Å²) in [5, 5.41) is 8.74. The normalized spacial score (nSPS) is 18.7. The van der Waals surface area contributed by atoms with Crippen LogP contribution in [-0.4, -0.2) is 55.7 Å². The SMILES string of the molecule is CS(=O)(=O)NC1CCCN(C(=O)c2ccc(CC(=O)O)cc2)C1. The zero-order chi connectivity index (χ0) is 17.0. The van der Waals surface area contributed by atoms with E-state index < -0.39 is 16.0 Å². The fourth-order valence-electron chi connectivity index (χ4n) is 2.68. The molecule has 0 spiro atoms. The monoisotopic (exact) mass is 340 g/mol. The number of carboxylic acids is 1. The first-order valence-corrected chi connectivity index (χ1v) is 9.21. The Hall–Kier alpha value is -1.93. The van der Waals surface area contributed by atoms with Crippen LogP contribution in [0.3, 0.4) is 0 Å². The van der Waals surface area contributed by atoms with Crippen LogP contribution in [0.5, 0.6) is 0 Å². The van der Waals surface area contributed by atoms with Crippen LogP contribution in [0, 0.1) is 0 Å². The number of carboxylic acid groups (broad SMARTS) is 1. The minimum atomic E-state index is -3.30. The van der Waals surface area contributed by atoms with Crippen molar-refractivity contribution >= 4 is 21.9 Å². The summed E-state index contributed by atoms with van der Waals surface area (Å²) in [6.45, 7) is 0.917. The first kappa shape index (κ1) is 17.4. The molecule has 0 aliphatic carbocycles. The number of piperidine rings is 1. The number of nitrogens with zero attached hydrogens (tertiary/aromatic N) is 1. The van der Waals surface area contributed by atoms with E-state index in [0.717, 1.165) is 12.7 Å². The minimum absolute atomic E-state index is 0.0848. The largest absolute Gasteiger partial charge is 0.481 e. The third kappa shape index (κ3) is 5.33. The lowest BCUT2D eigenvalue weighted by Gasteiger charge is -2.32. The molecule has 126 valence electrons. The summed E-state index contributed by atoms with van der Waals surface area (Å²) in [5.41, 5.74) is 1.10. The summed E-state index contributed by atoms with van der Waals surface area (Å²) in [6.07, 6.45) is 2.46. The van der Waals surface area contributed by atoms with Gasteiger partial charge in [0.1, 0.15) is 0 Å². The van der Waals surface area contributed by atoms with Gasteiger partial charge in [-0.15, -0.1) is 0 Å². The van der Waals surface area contributed by atoms with Crippen molar-refractivity contribution < 1.29 is 23.1 Å². The molecule has 0 radical (unpaired) electrons. The average molecular weight is 340 g/mol. The van der Waals surface area contributed by atoms with Crippen molar-refractivity contribution in [3.63, 3.8) is 0 Å². The maximum absolute atomic E-state index is 12.5. The van der Waals surface area contributed by atoms with Gasteiger partial charge in [0.05, 0.1) is 12.7 Å². The van der Waals surface area contributed by atoms with Crippen LogP contribution < -0.4 is 4.72 Å². The summed E-state index contributed by atoms with van der Waals surface area (Å²) < 4.78 is 25.2. The predicted molar refractivity (Wildman–Crippen MR) is 84.7 cm³/mol. The number of rotatable bonds is 5. The highest BCUT2D eigenvalue weighted by Gasteiger charge is 2.26. The second-order valence-corrected chi connectivity index (χ2v) is 7.53. The predicted octanol–water partition coefficient (Wildman–Crippen LogP) is 0.468. The number of sulfonamides is 1. The van der Waals surface area contributed by atoms with Crippen molar-refractivity contribution in [2.24, 2.45) is 0 Å². The minimum Gasteiger partial charge on any atom is -0.481 e. The molecule has 1 aromatic carbocycles. The van der Waals surface area contributed by atoms with Crippen LogP contribution in [0.25, 0.3) is 0 Å². The fraction of sp³-hybridized carbons (Fsp3) is 0.467. The van der Waals surface area contributed by atoms with Crippen LogP contribution in [0.4, 0.5) is 0 Å². The highest BCUT2D eigenvalue weighted by atomic mass is 32.2. The molecule has 1 aliphatic rings. The topological polar surface area (TPSA) is 104 Å². The Kier molecular flexibility index (Phi) is 5.38. The van der Waals surface area contributed by atoms with Gasteiger partial charge in [-0.25, -0.2) is 13.1 Å². The summed E-state index contributed by atoms with van der Waals surface area (Å²) in [4.78, 5) is 24.8.